The van der Waals surface area contributed by atoms with E-state index in [2.05, 4.69) is 19.2 Å². The Morgan fingerprint density at radius 1 is 1.35 bits per heavy atom. The van der Waals surface area contributed by atoms with Gasteiger partial charge in [0.05, 0.1) is 0 Å². The summed E-state index contributed by atoms with van der Waals surface area (Å²) in [4.78, 5) is 11.6. The molecule has 1 rings (SSSR count). The van der Waals surface area contributed by atoms with Crippen LogP contribution in [0.3, 0.4) is 0 Å². The summed E-state index contributed by atoms with van der Waals surface area (Å²) in [6.07, 6.45) is 0.718. The minimum absolute atomic E-state index is 0.313. The first kappa shape index (κ1) is 13.6. The fraction of sp³-hybridized carbons (Fsp3) is 0.500. The van der Waals surface area contributed by atoms with Crippen LogP contribution in [0, 0.1) is 12.8 Å². The lowest BCUT2D eigenvalue weighted by Crippen LogP contribution is -2.48. The quantitative estimate of drug-likeness (QED) is 0.823. The molecule has 94 valence electrons. The zero-order chi connectivity index (χ0) is 13.1. The maximum absolute atomic E-state index is 11.6. The summed E-state index contributed by atoms with van der Waals surface area (Å²) < 4.78 is 0. The van der Waals surface area contributed by atoms with Gasteiger partial charge in [-0.3, -0.25) is 4.79 Å². The Balaban J connectivity index is 2.86. The Hall–Kier alpha value is -1.51. The summed E-state index contributed by atoms with van der Waals surface area (Å²) in [5.41, 5.74) is 6.93. The molecule has 0 radical (unpaired) electrons. The van der Waals surface area contributed by atoms with Crippen molar-refractivity contribution in [1.29, 1.82) is 0 Å². The van der Waals surface area contributed by atoms with E-state index in [1.807, 2.05) is 38.1 Å². The molecule has 1 aromatic rings. The number of anilines is 1. The number of benzene rings is 1. The van der Waals surface area contributed by atoms with Crippen molar-refractivity contribution < 1.29 is 4.79 Å². The molecule has 0 saturated carbocycles. The second kappa shape index (κ2) is 5.21. The van der Waals surface area contributed by atoms with Crippen LogP contribution in [0.4, 0.5) is 5.69 Å². The number of carbonyl (C=O) groups excluding carboxylic acids is 1. The number of primary amides is 1. The summed E-state index contributed by atoms with van der Waals surface area (Å²) in [6.45, 7) is 8.05. The predicted molar refractivity (Wildman–Crippen MR) is 71.9 cm³/mol. The predicted octanol–water partition coefficient (Wildman–Crippen LogP) is 2.70. The van der Waals surface area contributed by atoms with Crippen molar-refractivity contribution in [3.63, 3.8) is 0 Å². The third-order valence-electron chi connectivity index (χ3n) is 2.83. The number of nitrogens with one attached hydrogen (secondary N) is 1. The van der Waals surface area contributed by atoms with Crippen LogP contribution in [-0.2, 0) is 4.79 Å². The highest BCUT2D eigenvalue weighted by Gasteiger charge is 2.31. The third kappa shape index (κ3) is 3.77. The average Bonchev–Trinajstić information content (AvgIpc) is 2.20. The fourth-order valence-electron chi connectivity index (χ4n) is 1.99. The minimum Gasteiger partial charge on any atom is -0.371 e. The smallest absolute Gasteiger partial charge is 0.242 e. The van der Waals surface area contributed by atoms with Crippen molar-refractivity contribution in [1.82, 2.24) is 0 Å². The van der Waals surface area contributed by atoms with Crippen molar-refractivity contribution in [3.05, 3.63) is 29.8 Å². The van der Waals surface area contributed by atoms with E-state index >= 15 is 0 Å². The van der Waals surface area contributed by atoms with Gasteiger partial charge < -0.3 is 11.1 Å². The molecule has 1 atom stereocenters. The second-order valence-electron chi connectivity index (χ2n) is 5.29. The topological polar surface area (TPSA) is 55.1 Å². The molecule has 0 heterocycles. The van der Waals surface area contributed by atoms with Gasteiger partial charge in [0.1, 0.15) is 5.54 Å². The Morgan fingerprint density at radius 3 is 2.29 bits per heavy atom. The van der Waals surface area contributed by atoms with Crippen LogP contribution in [0.25, 0.3) is 0 Å². The molecule has 0 saturated heterocycles. The van der Waals surface area contributed by atoms with Crippen molar-refractivity contribution in [3.8, 4) is 0 Å². The van der Waals surface area contributed by atoms with Gasteiger partial charge in [0.15, 0.2) is 0 Å². The minimum atomic E-state index is -0.691. The van der Waals surface area contributed by atoms with Crippen molar-refractivity contribution in [2.75, 3.05) is 5.32 Å². The Morgan fingerprint density at radius 2 is 1.88 bits per heavy atom. The van der Waals surface area contributed by atoms with E-state index in [0.29, 0.717) is 5.92 Å². The first-order chi connectivity index (χ1) is 7.83. The fourth-order valence-corrected chi connectivity index (χ4v) is 1.99. The highest BCUT2D eigenvalue weighted by atomic mass is 16.1. The monoisotopic (exact) mass is 234 g/mol. The zero-order valence-corrected chi connectivity index (χ0v) is 11.1. The Kier molecular flexibility index (Phi) is 4.16. The van der Waals surface area contributed by atoms with Gasteiger partial charge in [-0.25, -0.2) is 0 Å². The molecule has 1 unspecified atom stereocenters. The summed E-state index contributed by atoms with van der Waals surface area (Å²) in [7, 11) is 0. The molecule has 0 fully saturated rings. The van der Waals surface area contributed by atoms with Crippen molar-refractivity contribution >= 4 is 11.6 Å². The molecule has 1 amide bonds. The summed E-state index contributed by atoms with van der Waals surface area (Å²) in [6, 6.07) is 7.96. The van der Waals surface area contributed by atoms with Gasteiger partial charge in [-0.1, -0.05) is 31.5 Å². The average molecular weight is 234 g/mol. The van der Waals surface area contributed by atoms with Gasteiger partial charge in [0, 0.05) is 5.69 Å². The van der Waals surface area contributed by atoms with Gasteiger partial charge in [-0.15, -0.1) is 0 Å². The Bertz CT molecular complexity index is 384. The number of amides is 1. The van der Waals surface area contributed by atoms with Gasteiger partial charge in [0.25, 0.3) is 0 Å². The number of rotatable bonds is 5. The summed E-state index contributed by atoms with van der Waals surface area (Å²) in [5, 5.41) is 3.24. The maximum Gasteiger partial charge on any atom is 0.242 e. The van der Waals surface area contributed by atoms with Crippen LogP contribution < -0.4 is 11.1 Å². The molecular weight excluding hydrogens is 212 g/mol. The van der Waals surface area contributed by atoms with Crippen LogP contribution in [0.5, 0.6) is 0 Å². The van der Waals surface area contributed by atoms with Crippen LogP contribution in [0.15, 0.2) is 24.3 Å². The second-order valence-corrected chi connectivity index (χ2v) is 5.29. The van der Waals surface area contributed by atoms with Crippen LogP contribution in [0.2, 0.25) is 0 Å². The number of hydrogen-bond donors (Lipinski definition) is 2. The van der Waals surface area contributed by atoms with Gasteiger partial charge in [-0.2, -0.15) is 0 Å². The Labute approximate surface area is 103 Å². The van der Waals surface area contributed by atoms with E-state index in [1.165, 1.54) is 5.56 Å². The van der Waals surface area contributed by atoms with Crippen LogP contribution >= 0.6 is 0 Å². The lowest BCUT2D eigenvalue weighted by atomic mass is 9.89. The molecule has 0 spiro atoms. The normalized spacial score (nSPS) is 14.4. The lowest BCUT2D eigenvalue weighted by molar-refractivity contribution is -0.122. The zero-order valence-electron chi connectivity index (χ0n) is 11.1. The van der Waals surface area contributed by atoms with Gasteiger partial charge in [0.2, 0.25) is 5.91 Å². The molecule has 0 aliphatic carbocycles. The number of hydrogen-bond acceptors (Lipinski definition) is 2. The molecule has 1 aromatic carbocycles. The largest absolute Gasteiger partial charge is 0.371 e. The van der Waals surface area contributed by atoms with E-state index in [-0.39, 0.29) is 5.91 Å². The molecule has 0 aliphatic rings. The van der Waals surface area contributed by atoms with Gasteiger partial charge >= 0.3 is 0 Å². The first-order valence-electron chi connectivity index (χ1n) is 5.98. The molecular formula is C14H22N2O. The standard InChI is InChI=1S/C14H22N2O/c1-10(2)9-14(4,13(15)17)16-12-7-5-11(3)6-8-12/h5-8,10,16H,9H2,1-4H3,(H2,15,17). The molecule has 3 heteroatoms. The van der Waals surface area contributed by atoms with E-state index in [9.17, 15) is 4.79 Å². The maximum atomic E-state index is 11.6. The lowest BCUT2D eigenvalue weighted by Gasteiger charge is -2.30. The molecule has 17 heavy (non-hydrogen) atoms. The SMILES string of the molecule is Cc1ccc(NC(C)(CC(C)C)C(N)=O)cc1. The molecule has 0 aliphatic heterocycles. The molecule has 0 aromatic heterocycles. The van der Waals surface area contributed by atoms with E-state index in [0.717, 1.165) is 12.1 Å². The van der Waals surface area contributed by atoms with Crippen LogP contribution in [-0.4, -0.2) is 11.4 Å². The highest BCUT2D eigenvalue weighted by Crippen LogP contribution is 2.22. The van der Waals surface area contributed by atoms with E-state index in [1.54, 1.807) is 0 Å². The highest BCUT2D eigenvalue weighted by molar-refractivity contribution is 5.87. The number of nitrogens with two attached hydrogens (primary N) is 1. The molecule has 0 bridgehead atoms. The third-order valence-corrected chi connectivity index (χ3v) is 2.83. The summed E-state index contributed by atoms with van der Waals surface area (Å²) >= 11 is 0. The number of aryl methyl sites for hydroxylation is 1. The van der Waals surface area contributed by atoms with Crippen molar-refractivity contribution in [2.45, 2.75) is 39.7 Å². The van der Waals surface area contributed by atoms with Crippen LogP contribution in [0.1, 0.15) is 32.8 Å². The van der Waals surface area contributed by atoms with E-state index in [4.69, 9.17) is 5.73 Å². The summed E-state index contributed by atoms with van der Waals surface area (Å²) in [5.74, 6) is 0.0947. The van der Waals surface area contributed by atoms with E-state index < -0.39 is 5.54 Å². The first-order valence-corrected chi connectivity index (χ1v) is 5.98. The number of carbonyl (C=O) groups is 1. The van der Waals surface area contributed by atoms with Crippen molar-refractivity contribution in [2.24, 2.45) is 11.7 Å². The molecule has 3 nitrogen and oxygen atoms in total. The van der Waals surface area contributed by atoms with Gasteiger partial charge in [-0.05, 0) is 38.3 Å². The molecule has 3 N–H and O–H groups in total.